The van der Waals surface area contributed by atoms with Crippen molar-refractivity contribution >= 4 is 49.3 Å². The first-order chi connectivity index (χ1) is 13.9. The summed E-state index contributed by atoms with van der Waals surface area (Å²) in [6.07, 6.45) is 2.70. The molecule has 8 heteroatoms. The highest BCUT2D eigenvalue weighted by atomic mass is 32.2. The number of nitrogens with one attached hydrogen (secondary N) is 1. The van der Waals surface area contributed by atoms with Gasteiger partial charge >= 0.3 is 0 Å². The molecule has 5 rings (SSSR count). The highest BCUT2D eigenvalue weighted by Crippen LogP contribution is 2.44. The minimum absolute atomic E-state index is 0.186. The summed E-state index contributed by atoms with van der Waals surface area (Å²) in [5.41, 5.74) is 3.47. The number of fused-ring (bicyclic) bond motifs is 5. The Kier molecular flexibility index (Phi) is 4.93. The number of aromatic amines is 1. The van der Waals surface area contributed by atoms with Crippen LogP contribution in [0.1, 0.15) is 38.8 Å². The number of nitrogens with zero attached hydrogens (tertiary/aromatic N) is 3. The van der Waals surface area contributed by atoms with Gasteiger partial charge in [-0.15, -0.1) is 11.3 Å². The van der Waals surface area contributed by atoms with Crippen LogP contribution in [-0.4, -0.2) is 47.1 Å². The average molecular weight is 432 g/mol. The summed E-state index contributed by atoms with van der Waals surface area (Å²) >= 11 is 3.61. The molecule has 2 aliphatic heterocycles. The van der Waals surface area contributed by atoms with Crippen molar-refractivity contribution in [2.24, 2.45) is 0 Å². The van der Waals surface area contributed by atoms with Gasteiger partial charge in [-0.3, -0.25) is 0 Å². The Morgan fingerprint density at radius 2 is 2.03 bits per heavy atom. The summed E-state index contributed by atoms with van der Waals surface area (Å²) in [7, 11) is 0. The molecule has 0 aliphatic carbocycles. The molecule has 0 amide bonds. The van der Waals surface area contributed by atoms with Crippen LogP contribution in [0.3, 0.4) is 0 Å². The second-order valence-electron chi connectivity index (χ2n) is 8.58. The van der Waals surface area contributed by atoms with Gasteiger partial charge in [0.05, 0.1) is 30.8 Å². The highest BCUT2D eigenvalue weighted by Gasteiger charge is 2.34. The van der Waals surface area contributed by atoms with E-state index in [1.54, 1.807) is 11.3 Å². The quantitative estimate of drug-likeness (QED) is 0.464. The summed E-state index contributed by atoms with van der Waals surface area (Å²) in [6, 6.07) is 0. The van der Waals surface area contributed by atoms with Crippen LogP contribution in [0.2, 0.25) is 0 Å². The molecule has 1 N–H and O–H groups in total. The third-order valence-corrected chi connectivity index (χ3v) is 7.73. The molecule has 6 nitrogen and oxygen atoms in total. The van der Waals surface area contributed by atoms with Crippen LogP contribution >= 0.6 is 23.1 Å². The molecule has 0 aromatic carbocycles. The van der Waals surface area contributed by atoms with Gasteiger partial charge < -0.3 is 14.4 Å². The smallest absolute Gasteiger partial charge is 0.285 e. The zero-order valence-corrected chi connectivity index (χ0v) is 19.0. The Morgan fingerprint density at radius 1 is 1.24 bits per heavy atom. The molecule has 5 heterocycles. The number of morpholine rings is 1. The molecule has 0 spiro atoms. The molecule has 0 bridgehead atoms. The maximum atomic E-state index is 6.21. The van der Waals surface area contributed by atoms with E-state index in [0.29, 0.717) is 11.9 Å². The van der Waals surface area contributed by atoms with Gasteiger partial charge in [-0.1, -0.05) is 25.6 Å². The Balaban J connectivity index is 1.77. The molecule has 3 aromatic rings. The molecule has 0 saturated carbocycles. The Hall–Kier alpha value is -1.48. The second kappa shape index (κ2) is 7.34. The van der Waals surface area contributed by atoms with Gasteiger partial charge in [-0.2, -0.15) is 0 Å². The number of hydrogen-bond donors (Lipinski definition) is 0. The summed E-state index contributed by atoms with van der Waals surface area (Å²) < 4.78 is 13.0. The SMILES string of the molecule is CC(C)Sc1[nH+]cnc2c1sc1nc(N3CCOCC3)c3c(c12)CC(C)(C)OC3. The molecule has 0 unspecified atom stereocenters. The van der Waals surface area contributed by atoms with Crippen molar-refractivity contribution in [3.05, 3.63) is 17.5 Å². The molecule has 3 aromatic heterocycles. The van der Waals surface area contributed by atoms with Crippen molar-refractivity contribution < 1.29 is 14.5 Å². The predicted octanol–water partition coefficient (Wildman–Crippen LogP) is 3.85. The number of aromatic nitrogens is 3. The van der Waals surface area contributed by atoms with Gasteiger partial charge in [-0.05, 0) is 24.4 Å². The van der Waals surface area contributed by atoms with Crippen molar-refractivity contribution in [2.75, 3.05) is 31.2 Å². The van der Waals surface area contributed by atoms with Crippen molar-refractivity contribution in [3.8, 4) is 0 Å². The Labute approximate surface area is 179 Å². The predicted molar refractivity (Wildman–Crippen MR) is 118 cm³/mol. The number of H-pyrrole nitrogens is 1. The molecule has 154 valence electrons. The Morgan fingerprint density at radius 3 is 2.79 bits per heavy atom. The van der Waals surface area contributed by atoms with Crippen LogP contribution in [0.25, 0.3) is 20.4 Å². The van der Waals surface area contributed by atoms with E-state index in [2.05, 4.69) is 37.6 Å². The van der Waals surface area contributed by atoms with E-state index in [9.17, 15) is 0 Å². The maximum Gasteiger partial charge on any atom is 0.285 e. The molecular formula is C21H27N4O2S2+. The fraction of sp³-hybridized carbons (Fsp3) is 0.571. The topological polar surface area (TPSA) is 61.6 Å². The molecule has 0 atom stereocenters. The third kappa shape index (κ3) is 3.50. The minimum atomic E-state index is -0.186. The zero-order chi connectivity index (χ0) is 20.2. The van der Waals surface area contributed by atoms with Crippen LogP contribution in [0.4, 0.5) is 5.82 Å². The maximum absolute atomic E-state index is 6.21. The standard InChI is InChI=1S/C21H26N4O2S2/c1-12(2)28-20-17-16(22-11-23-20)15-13-9-21(3,4)27-10-14(13)18(24-19(15)29-17)25-5-7-26-8-6-25/h11-12H,5-10H2,1-4H3/p+1. The fourth-order valence-corrected chi connectivity index (χ4v) is 6.28. The lowest BCUT2D eigenvalue weighted by molar-refractivity contribution is -0.427. The zero-order valence-electron chi connectivity index (χ0n) is 17.4. The van der Waals surface area contributed by atoms with E-state index in [1.165, 1.54) is 26.2 Å². The van der Waals surface area contributed by atoms with Crippen molar-refractivity contribution in [3.63, 3.8) is 0 Å². The summed E-state index contributed by atoms with van der Waals surface area (Å²) in [6.45, 7) is 12.6. The normalized spacial score (nSPS) is 19.3. The molecule has 0 radical (unpaired) electrons. The van der Waals surface area contributed by atoms with E-state index in [-0.39, 0.29) is 5.60 Å². The first-order valence-electron chi connectivity index (χ1n) is 10.2. The third-order valence-electron chi connectivity index (χ3n) is 5.48. The number of anilines is 1. The number of thioether (sulfide) groups is 1. The molecule has 2 aliphatic rings. The molecule has 29 heavy (non-hydrogen) atoms. The summed E-state index contributed by atoms with van der Waals surface area (Å²) in [5, 5.41) is 2.90. The first kappa shape index (κ1) is 19.5. The monoisotopic (exact) mass is 431 g/mol. The van der Waals surface area contributed by atoms with Gasteiger partial charge in [0.25, 0.3) is 6.33 Å². The van der Waals surface area contributed by atoms with Crippen molar-refractivity contribution in [1.29, 1.82) is 0 Å². The first-order valence-corrected chi connectivity index (χ1v) is 11.9. The summed E-state index contributed by atoms with van der Waals surface area (Å²) in [4.78, 5) is 16.7. The number of ether oxygens (including phenoxy) is 2. The number of pyridine rings is 1. The van der Waals surface area contributed by atoms with E-state index >= 15 is 0 Å². The van der Waals surface area contributed by atoms with E-state index in [0.717, 1.165) is 48.9 Å². The molecule has 1 fully saturated rings. The van der Waals surface area contributed by atoms with Crippen molar-refractivity contribution in [1.82, 2.24) is 9.97 Å². The lowest BCUT2D eigenvalue weighted by Crippen LogP contribution is -2.39. The molecule has 1 saturated heterocycles. The number of hydrogen-bond acceptors (Lipinski definition) is 7. The van der Waals surface area contributed by atoms with Crippen LogP contribution in [0.5, 0.6) is 0 Å². The van der Waals surface area contributed by atoms with Crippen LogP contribution in [0, 0.1) is 0 Å². The van der Waals surface area contributed by atoms with E-state index < -0.39 is 0 Å². The lowest BCUT2D eigenvalue weighted by atomic mass is 9.90. The van der Waals surface area contributed by atoms with Crippen LogP contribution < -0.4 is 9.88 Å². The second-order valence-corrected chi connectivity index (χ2v) is 11.2. The number of thiophene rings is 1. The van der Waals surface area contributed by atoms with Gasteiger partial charge in [0.2, 0.25) is 5.52 Å². The summed E-state index contributed by atoms with van der Waals surface area (Å²) in [5.74, 6) is 1.07. The fourth-order valence-electron chi connectivity index (χ4n) is 4.16. The van der Waals surface area contributed by atoms with Gasteiger partial charge in [0.15, 0.2) is 5.03 Å². The number of rotatable bonds is 3. The van der Waals surface area contributed by atoms with E-state index in [4.69, 9.17) is 19.4 Å². The minimum Gasteiger partial charge on any atom is -0.378 e. The largest absolute Gasteiger partial charge is 0.378 e. The average Bonchev–Trinajstić information content (AvgIpc) is 3.07. The van der Waals surface area contributed by atoms with Crippen LogP contribution in [-0.2, 0) is 22.5 Å². The molecular weight excluding hydrogens is 404 g/mol. The van der Waals surface area contributed by atoms with Crippen molar-refractivity contribution in [2.45, 2.75) is 56.6 Å². The van der Waals surface area contributed by atoms with Gasteiger partial charge in [-0.25, -0.2) is 9.97 Å². The lowest BCUT2D eigenvalue weighted by Gasteiger charge is -2.36. The Bertz CT molecular complexity index is 1070. The van der Waals surface area contributed by atoms with E-state index in [1.807, 2.05) is 18.1 Å². The van der Waals surface area contributed by atoms with Gasteiger partial charge in [0, 0.05) is 30.3 Å². The highest BCUT2D eigenvalue weighted by molar-refractivity contribution is 8.00. The van der Waals surface area contributed by atoms with Gasteiger partial charge in [0.1, 0.15) is 15.3 Å². The van der Waals surface area contributed by atoms with Crippen LogP contribution in [0.15, 0.2) is 11.4 Å².